The molecule has 0 radical (unpaired) electrons. The van der Waals surface area contributed by atoms with E-state index in [9.17, 15) is 18.0 Å². The molecule has 5 heteroatoms. The van der Waals surface area contributed by atoms with Gasteiger partial charge in [0.1, 0.15) is 0 Å². The van der Waals surface area contributed by atoms with Crippen molar-refractivity contribution in [3.8, 4) is 0 Å². The van der Waals surface area contributed by atoms with E-state index >= 15 is 0 Å². The van der Waals surface area contributed by atoms with Gasteiger partial charge in [-0.2, -0.15) is 13.2 Å². The highest BCUT2D eigenvalue weighted by Gasteiger charge is 2.32. The second-order valence-electron chi connectivity index (χ2n) is 4.01. The Morgan fingerprint density at radius 3 is 2.39 bits per heavy atom. The number of pyridine rings is 1. The summed E-state index contributed by atoms with van der Waals surface area (Å²) in [6, 6.07) is 1.41. The van der Waals surface area contributed by atoms with Gasteiger partial charge in [0.2, 0.25) is 0 Å². The monoisotopic (exact) mass is 259 g/mol. The van der Waals surface area contributed by atoms with Crippen molar-refractivity contribution in [2.75, 3.05) is 0 Å². The van der Waals surface area contributed by atoms with Crippen molar-refractivity contribution in [1.82, 2.24) is 4.57 Å². The van der Waals surface area contributed by atoms with Gasteiger partial charge in [0.25, 0.3) is 5.56 Å². The first-order chi connectivity index (χ1) is 8.35. The molecule has 1 aromatic rings. The molecule has 0 spiro atoms. The van der Waals surface area contributed by atoms with Gasteiger partial charge in [-0.25, -0.2) is 0 Å². The summed E-state index contributed by atoms with van der Waals surface area (Å²) in [6.07, 6.45) is -1.93. The van der Waals surface area contributed by atoms with Gasteiger partial charge in [0, 0.05) is 11.8 Å². The second kappa shape index (κ2) is 5.42. The molecule has 1 unspecified atom stereocenters. The van der Waals surface area contributed by atoms with Crippen LogP contribution in [-0.2, 0) is 12.6 Å². The van der Waals surface area contributed by atoms with Crippen LogP contribution in [-0.4, -0.2) is 4.57 Å². The summed E-state index contributed by atoms with van der Waals surface area (Å²) in [7, 11) is 0. The molecule has 0 N–H and O–H groups in total. The molecular weight excluding hydrogens is 243 g/mol. The number of aromatic nitrogens is 1. The number of rotatable bonds is 4. The number of nitrogens with zero attached hydrogens (tertiary/aromatic N) is 1. The molecule has 18 heavy (non-hydrogen) atoms. The predicted molar refractivity (Wildman–Crippen MR) is 64.6 cm³/mol. The van der Waals surface area contributed by atoms with E-state index in [1.165, 1.54) is 4.57 Å². The fraction of sp³-hybridized carbons (Fsp3) is 0.462. The zero-order valence-corrected chi connectivity index (χ0v) is 10.4. The minimum atomic E-state index is -4.49. The topological polar surface area (TPSA) is 22.0 Å². The van der Waals surface area contributed by atoms with Crippen molar-refractivity contribution in [3.05, 3.63) is 46.4 Å². The Morgan fingerprint density at radius 2 is 2.00 bits per heavy atom. The standard InChI is InChI=1S/C13H16F3NO/c1-4-10(5-2)17-11(6-3)7-9(8-12(17)18)13(14,15)16/h4,7-8,10H,1,5-6H2,2-3H3. The molecule has 0 fully saturated rings. The van der Waals surface area contributed by atoms with Crippen molar-refractivity contribution < 1.29 is 13.2 Å². The quantitative estimate of drug-likeness (QED) is 0.758. The lowest BCUT2D eigenvalue weighted by molar-refractivity contribution is -0.137. The zero-order chi connectivity index (χ0) is 13.9. The van der Waals surface area contributed by atoms with Crippen LogP contribution in [0.15, 0.2) is 29.6 Å². The van der Waals surface area contributed by atoms with Crippen LogP contribution in [0.4, 0.5) is 13.2 Å². The fourth-order valence-corrected chi connectivity index (χ4v) is 1.90. The highest BCUT2D eigenvalue weighted by atomic mass is 19.4. The number of allylic oxidation sites excluding steroid dienone is 1. The maximum absolute atomic E-state index is 12.6. The minimum Gasteiger partial charge on any atom is -0.306 e. The second-order valence-corrected chi connectivity index (χ2v) is 4.01. The van der Waals surface area contributed by atoms with Gasteiger partial charge in [-0.05, 0) is 18.9 Å². The van der Waals surface area contributed by atoms with Crippen LogP contribution in [0.3, 0.4) is 0 Å². The highest BCUT2D eigenvalue weighted by Crippen LogP contribution is 2.29. The average molecular weight is 259 g/mol. The summed E-state index contributed by atoms with van der Waals surface area (Å²) in [5.74, 6) is 0. The van der Waals surface area contributed by atoms with Crippen molar-refractivity contribution in [1.29, 1.82) is 0 Å². The third-order valence-electron chi connectivity index (χ3n) is 2.86. The Balaban J connectivity index is 3.47. The third kappa shape index (κ3) is 2.83. The van der Waals surface area contributed by atoms with E-state index in [0.29, 0.717) is 24.6 Å². The molecule has 0 aliphatic heterocycles. The van der Waals surface area contributed by atoms with Gasteiger partial charge in [0.05, 0.1) is 11.6 Å². The Bertz CT molecular complexity index is 488. The number of halogens is 3. The fourth-order valence-electron chi connectivity index (χ4n) is 1.90. The highest BCUT2D eigenvalue weighted by molar-refractivity contribution is 5.22. The predicted octanol–water partition coefficient (Wildman–Crippen LogP) is 3.57. The minimum absolute atomic E-state index is 0.269. The van der Waals surface area contributed by atoms with E-state index in [-0.39, 0.29) is 6.04 Å². The summed E-state index contributed by atoms with van der Waals surface area (Å²) < 4.78 is 39.2. The van der Waals surface area contributed by atoms with Crippen LogP contribution >= 0.6 is 0 Å². The van der Waals surface area contributed by atoms with Gasteiger partial charge in [-0.3, -0.25) is 4.79 Å². The molecule has 1 rings (SSSR count). The molecule has 0 amide bonds. The molecule has 0 bridgehead atoms. The lowest BCUT2D eigenvalue weighted by atomic mass is 10.1. The normalized spacial score (nSPS) is 13.4. The van der Waals surface area contributed by atoms with Crippen LogP contribution in [0.1, 0.15) is 37.6 Å². The van der Waals surface area contributed by atoms with Crippen LogP contribution in [0.5, 0.6) is 0 Å². The molecule has 2 nitrogen and oxygen atoms in total. The summed E-state index contributed by atoms with van der Waals surface area (Å²) in [4.78, 5) is 11.8. The molecule has 0 aliphatic carbocycles. The molecule has 1 atom stereocenters. The number of alkyl halides is 3. The van der Waals surface area contributed by atoms with Gasteiger partial charge in [-0.1, -0.05) is 19.9 Å². The smallest absolute Gasteiger partial charge is 0.306 e. The summed E-state index contributed by atoms with van der Waals surface area (Å²) in [5.41, 5.74) is -1.14. The number of hydrogen-bond acceptors (Lipinski definition) is 1. The summed E-state index contributed by atoms with van der Waals surface area (Å²) in [5, 5.41) is 0. The van der Waals surface area contributed by atoms with Gasteiger partial charge >= 0.3 is 6.18 Å². The van der Waals surface area contributed by atoms with Crippen molar-refractivity contribution in [2.24, 2.45) is 0 Å². The Hall–Kier alpha value is -1.52. The first-order valence-electron chi connectivity index (χ1n) is 5.80. The van der Waals surface area contributed by atoms with Crippen molar-refractivity contribution >= 4 is 0 Å². The zero-order valence-electron chi connectivity index (χ0n) is 10.4. The molecule has 0 aromatic carbocycles. The Kier molecular flexibility index (Phi) is 4.38. The molecule has 0 aliphatic rings. The van der Waals surface area contributed by atoms with Crippen molar-refractivity contribution in [2.45, 2.75) is 38.9 Å². The van der Waals surface area contributed by atoms with Gasteiger partial charge in [-0.15, -0.1) is 6.58 Å². The molecule has 0 saturated heterocycles. The molecule has 0 saturated carbocycles. The van der Waals surface area contributed by atoms with E-state index in [1.54, 1.807) is 13.0 Å². The molecule has 1 aromatic heterocycles. The third-order valence-corrected chi connectivity index (χ3v) is 2.86. The Morgan fingerprint density at radius 1 is 1.39 bits per heavy atom. The van der Waals surface area contributed by atoms with Crippen molar-refractivity contribution in [3.63, 3.8) is 0 Å². The van der Waals surface area contributed by atoms with E-state index in [0.717, 1.165) is 6.07 Å². The van der Waals surface area contributed by atoms with E-state index in [2.05, 4.69) is 6.58 Å². The van der Waals surface area contributed by atoms with E-state index < -0.39 is 17.3 Å². The largest absolute Gasteiger partial charge is 0.416 e. The molecular formula is C13H16F3NO. The number of aryl methyl sites for hydroxylation is 1. The van der Waals surface area contributed by atoms with Crippen LogP contribution < -0.4 is 5.56 Å². The van der Waals surface area contributed by atoms with Crippen LogP contribution in [0, 0.1) is 0 Å². The first kappa shape index (κ1) is 14.5. The van der Waals surface area contributed by atoms with E-state index in [1.807, 2.05) is 6.92 Å². The van der Waals surface area contributed by atoms with Gasteiger partial charge < -0.3 is 4.57 Å². The summed E-state index contributed by atoms with van der Waals surface area (Å²) in [6.45, 7) is 7.19. The first-order valence-corrected chi connectivity index (χ1v) is 5.80. The van der Waals surface area contributed by atoms with Crippen LogP contribution in [0.25, 0.3) is 0 Å². The van der Waals surface area contributed by atoms with E-state index in [4.69, 9.17) is 0 Å². The average Bonchev–Trinajstić information content (AvgIpc) is 2.30. The molecule has 100 valence electrons. The number of hydrogen-bond donors (Lipinski definition) is 0. The molecule has 1 heterocycles. The Labute approximate surface area is 104 Å². The maximum Gasteiger partial charge on any atom is 0.416 e. The SMILES string of the molecule is C=CC(CC)n1c(CC)cc(C(F)(F)F)cc1=O. The van der Waals surface area contributed by atoms with Gasteiger partial charge in [0.15, 0.2) is 0 Å². The van der Waals surface area contributed by atoms with Crippen LogP contribution in [0.2, 0.25) is 0 Å². The maximum atomic E-state index is 12.6. The lowest BCUT2D eigenvalue weighted by Gasteiger charge is -2.20. The lowest BCUT2D eigenvalue weighted by Crippen LogP contribution is -2.28. The summed E-state index contributed by atoms with van der Waals surface area (Å²) >= 11 is 0.